The molecule has 0 radical (unpaired) electrons. The van der Waals surface area contributed by atoms with Gasteiger partial charge in [-0.15, -0.1) is 12.4 Å². The van der Waals surface area contributed by atoms with Crippen LogP contribution in [-0.2, 0) is 11.2 Å². The highest BCUT2D eigenvalue weighted by atomic mass is 35.5. The lowest BCUT2D eigenvalue weighted by atomic mass is 9.95. The van der Waals surface area contributed by atoms with Gasteiger partial charge in [0.2, 0.25) is 5.91 Å². The molecule has 1 atom stereocenters. The van der Waals surface area contributed by atoms with E-state index < -0.39 is 0 Å². The maximum Gasteiger partial charge on any atom is 0.226 e. The van der Waals surface area contributed by atoms with Gasteiger partial charge in [-0.2, -0.15) is 0 Å². The maximum atomic E-state index is 13.3. The number of carbonyl (C=O) groups is 1. The van der Waals surface area contributed by atoms with Crippen LogP contribution in [0.3, 0.4) is 0 Å². The van der Waals surface area contributed by atoms with Gasteiger partial charge in [0.15, 0.2) is 0 Å². The first kappa shape index (κ1) is 17.2. The van der Waals surface area contributed by atoms with Crippen molar-refractivity contribution in [3.8, 4) is 0 Å². The van der Waals surface area contributed by atoms with E-state index in [4.69, 9.17) is 0 Å². The number of halogens is 2. The molecule has 1 aromatic carbocycles. The molecule has 2 heterocycles. The zero-order chi connectivity index (χ0) is 14.7. The summed E-state index contributed by atoms with van der Waals surface area (Å²) in [7, 11) is 0. The van der Waals surface area contributed by atoms with Gasteiger partial charge in [-0.25, -0.2) is 4.39 Å². The molecule has 2 saturated heterocycles. The molecule has 1 amide bonds. The predicted molar refractivity (Wildman–Crippen MR) is 87.7 cm³/mol. The van der Waals surface area contributed by atoms with E-state index in [0.717, 1.165) is 57.3 Å². The Balaban J connectivity index is 0.00000176. The van der Waals surface area contributed by atoms with E-state index in [-0.39, 0.29) is 30.2 Å². The van der Waals surface area contributed by atoms with Crippen LogP contribution in [-0.4, -0.2) is 36.5 Å². The summed E-state index contributed by atoms with van der Waals surface area (Å²) < 4.78 is 13.3. The minimum atomic E-state index is -0.193. The number of rotatable bonds is 3. The maximum absolute atomic E-state index is 13.3. The van der Waals surface area contributed by atoms with Crippen LogP contribution in [0.15, 0.2) is 24.3 Å². The number of hydrogen-bond donors (Lipinski definition) is 1. The summed E-state index contributed by atoms with van der Waals surface area (Å²) in [6.07, 6.45) is 4.77. The van der Waals surface area contributed by atoms with E-state index in [1.54, 1.807) is 12.1 Å². The predicted octanol–water partition coefficient (Wildman–Crippen LogP) is 2.78. The lowest BCUT2D eigenvalue weighted by molar-refractivity contribution is -0.137. The summed E-state index contributed by atoms with van der Waals surface area (Å²) in [5.41, 5.74) is 0.991. The fourth-order valence-corrected chi connectivity index (χ4v) is 3.58. The average Bonchev–Trinajstić information content (AvgIpc) is 2.95. The first-order valence-electron chi connectivity index (χ1n) is 7.99. The van der Waals surface area contributed by atoms with Crippen LogP contribution < -0.4 is 5.32 Å². The molecular formula is C17H24ClFN2O. The molecule has 0 aromatic heterocycles. The van der Waals surface area contributed by atoms with E-state index in [2.05, 4.69) is 10.2 Å². The summed E-state index contributed by atoms with van der Waals surface area (Å²) in [6, 6.07) is 7.00. The van der Waals surface area contributed by atoms with Gasteiger partial charge >= 0.3 is 0 Å². The van der Waals surface area contributed by atoms with Gasteiger partial charge in [-0.1, -0.05) is 12.1 Å². The molecular weight excluding hydrogens is 303 g/mol. The largest absolute Gasteiger partial charge is 0.339 e. The van der Waals surface area contributed by atoms with Crippen molar-refractivity contribution in [3.05, 3.63) is 35.6 Å². The lowest BCUT2D eigenvalue weighted by Crippen LogP contribution is -2.43. The Bertz CT molecular complexity index is 505. The van der Waals surface area contributed by atoms with Crippen LogP contribution in [0.1, 0.15) is 31.2 Å². The van der Waals surface area contributed by atoms with E-state index in [9.17, 15) is 9.18 Å². The van der Waals surface area contributed by atoms with Crippen LogP contribution in [0.25, 0.3) is 0 Å². The number of benzene rings is 1. The van der Waals surface area contributed by atoms with E-state index in [1.165, 1.54) is 6.07 Å². The number of carbonyl (C=O) groups excluding carboxylic acids is 1. The minimum Gasteiger partial charge on any atom is -0.339 e. The van der Waals surface area contributed by atoms with Crippen LogP contribution in [0.5, 0.6) is 0 Å². The molecule has 2 aliphatic rings. The van der Waals surface area contributed by atoms with E-state index in [1.807, 2.05) is 6.07 Å². The highest BCUT2D eigenvalue weighted by Gasteiger charge is 2.33. The lowest BCUT2D eigenvalue weighted by Gasteiger charge is -2.31. The Morgan fingerprint density at radius 2 is 2.05 bits per heavy atom. The van der Waals surface area contributed by atoms with Crippen LogP contribution in [0.2, 0.25) is 0 Å². The molecule has 1 N–H and O–H groups in total. The highest BCUT2D eigenvalue weighted by Crippen LogP contribution is 2.26. The van der Waals surface area contributed by atoms with Crippen molar-refractivity contribution in [2.45, 2.75) is 38.1 Å². The topological polar surface area (TPSA) is 32.3 Å². The number of amides is 1. The molecule has 5 heteroatoms. The number of piperidine rings is 1. The van der Waals surface area contributed by atoms with Crippen LogP contribution in [0, 0.1) is 11.7 Å². The summed E-state index contributed by atoms with van der Waals surface area (Å²) in [5.74, 6) is 0.302. The smallest absolute Gasteiger partial charge is 0.226 e. The average molecular weight is 327 g/mol. The SMILES string of the molecule is Cl.O=C(C1CCNCC1)N1CCCC1Cc1cccc(F)c1. The zero-order valence-electron chi connectivity index (χ0n) is 12.8. The third kappa shape index (κ3) is 3.99. The van der Waals surface area contributed by atoms with Crippen molar-refractivity contribution >= 4 is 18.3 Å². The Morgan fingerprint density at radius 1 is 1.27 bits per heavy atom. The van der Waals surface area contributed by atoms with Crippen molar-refractivity contribution in [1.82, 2.24) is 10.2 Å². The fraction of sp³-hybridized carbons (Fsp3) is 0.588. The molecule has 0 spiro atoms. The summed E-state index contributed by atoms with van der Waals surface area (Å²) in [5, 5.41) is 3.31. The Morgan fingerprint density at radius 3 is 2.77 bits per heavy atom. The second-order valence-corrected chi connectivity index (χ2v) is 6.19. The molecule has 3 rings (SSSR count). The van der Waals surface area contributed by atoms with Gasteiger partial charge < -0.3 is 10.2 Å². The quantitative estimate of drug-likeness (QED) is 0.926. The van der Waals surface area contributed by atoms with Crippen molar-refractivity contribution in [2.75, 3.05) is 19.6 Å². The summed E-state index contributed by atoms with van der Waals surface area (Å²) >= 11 is 0. The Hall–Kier alpha value is -1.13. The van der Waals surface area contributed by atoms with Crippen molar-refractivity contribution < 1.29 is 9.18 Å². The van der Waals surface area contributed by atoms with Crippen molar-refractivity contribution in [2.24, 2.45) is 5.92 Å². The number of nitrogens with zero attached hydrogens (tertiary/aromatic N) is 1. The van der Waals surface area contributed by atoms with Gasteiger partial charge in [0.1, 0.15) is 5.82 Å². The first-order chi connectivity index (χ1) is 10.2. The van der Waals surface area contributed by atoms with Crippen molar-refractivity contribution in [1.29, 1.82) is 0 Å². The fourth-order valence-electron chi connectivity index (χ4n) is 3.58. The monoisotopic (exact) mass is 326 g/mol. The highest BCUT2D eigenvalue weighted by molar-refractivity contribution is 5.85. The van der Waals surface area contributed by atoms with Gasteiger partial charge in [0.05, 0.1) is 0 Å². The molecule has 0 aliphatic carbocycles. The summed E-state index contributed by atoms with van der Waals surface area (Å²) in [6.45, 7) is 2.75. The number of nitrogens with one attached hydrogen (secondary N) is 1. The van der Waals surface area contributed by atoms with E-state index in [0.29, 0.717) is 5.91 Å². The number of likely N-dealkylation sites (tertiary alicyclic amines) is 1. The zero-order valence-corrected chi connectivity index (χ0v) is 13.6. The molecule has 3 nitrogen and oxygen atoms in total. The van der Waals surface area contributed by atoms with Crippen LogP contribution >= 0.6 is 12.4 Å². The molecule has 1 unspecified atom stereocenters. The molecule has 0 saturated carbocycles. The normalized spacial score (nSPS) is 22.4. The standard InChI is InChI=1S/C17H23FN2O.ClH/c18-15-4-1-3-13(11-15)12-16-5-2-10-20(16)17(21)14-6-8-19-9-7-14;/h1,3-4,11,14,16,19H,2,5-10,12H2;1H. The molecule has 1 aromatic rings. The third-order valence-corrected chi connectivity index (χ3v) is 4.71. The van der Waals surface area contributed by atoms with E-state index >= 15 is 0 Å². The molecule has 2 fully saturated rings. The molecule has 2 aliphatic heterocycles. The Labute approximate surface area is 137 Å². The third-order valence-electron chi connectivity index (χ3n) is 4.71. The second-order valence-electron chi connectivity index (χ2n) is 6.19. The molecule has 122 valence electrons. The molecule has 0 bridgehead atoms. The van der Waals surface area contributed by atoms with Crippen molar-refractivity contribution in [3.63, 3.8) is 0 Å². The van der Waals surface area contributed by atoms with Gasteiger partial charge in [-0.3, -0.25) is 4.79 Å². The van der Waals surface area contributed by atoms with Gasteiger partial charge in [0.25, 0.3) is 0 Å². The van der Waals surface area contributed by atoms with Crippen LogP contribution in [0.4, 0.5) is 4.39 Å². The number of hydrogen-bond acceptors (Lipinski definition) is 2. The Kier molecular flexibility index (Phi) is 6.21. The first-order valence-corrected chi connectivity index (χ1v) is 7.99. The summed E-state index contributed by atoms with van der Waals surface area (Å²) in [4.78, 5) is 14.7. The van der Waals surface area contributed by atoms with Gasteiger partial charge in [0, 0.05) is 18.5 Å². The second kappa shape index (κ2) is 7.93. The van der Waals surface area contributed by atoms with Gasteiger partial charge in [-0.05, 0) is 62.9 Å². The molecule has 22 heavy (non-hydrogen) atoms. The minimum absolute atomic E-state index is 0.